The molecule has 2 rings (SSSR count). The zero-order valence-electron chi connectivity index (χ0n) is 14.6. The van der Waals surface area contributed by atoms with E-state index in [-0.39, 0.29) is 18.3 Å². The molecule has 2 amide bonds. The maximum absolute atomic E-state index is 13.5. The molecule has 0 aliphatic carbocycles. The first-order valence-electron chi connectivity index (χ1n) is 8.09. The first-order chi connectivity index (χ1) is 11.6. The van der Waals surface area contributed by atoms with Crippen molar-refractivity contribution in [1.29, 1.82) is 0 Å². The van der Waals surface area contributed by atoms with Crippen molar-refractivity contribution in [3.05, 3.63) is 29.8 Å². The van der Waals surface area contributed by atoms with Gasteiger partial charge in [-0.1, -0.05) is 0 Å². The zero-order valence-corrected chi connectivity index (χ0v) is 14.6. The number of benzene rings is 1. The summed E-state index contributed by atoms with van der Waals surface area (Å²) in [4.78, 5) is 27.4. The Morgan fingerprint density at radius 2 is 1.80 bits per heavy atom. The molecule has 1 aromatic rings. The molecule has 1 aliphatic heterocycles. The van der Waals surface area contributed by atoms with Gasteiger partial charge in [-0.15, -0.1) is 0 Å². The molecule has 1 saturated heterocycles. The van der Waals surface area contributed by atoms with E-state index in [9.17, 15) is 18.4 Å². The molecule has 0 saturated carbocycles. The monoisotopic (exact) mass is 355 g/mol. The molecular weight excluding hydrogens is 332 g/mol. The summed E-state index contributed by atoms with van der Waals surface area (Å²) in [5.74, 6) is -1.91. The molecule has 1 heterocycles. The molecular formula is C17H23F2N3O3. The van der Waals surface area contributed by atoms with Crippen molar-refractivity contribution < 1.29 is 23.1 Å². The maximum atomic E-state index is 13.5. The second-order valence-electron chi connectivity index (χ2n) is 6.92. The largest absolute Gasteiger partial charge is 0.444 e. The molecule has 0 aromatic heterocycles. The van der Waals surface area contributed by atoms with Crippen molar-refractivity contribution >= 4 is 17.7 Å². The molecule has 1 fully saturated rings. The van der Waals surface area contributed by atoms with Gasteiger partial charge in [-0.05, 0) is 32.9 Å². The van der Waals surface area contributed by atoms with Gasteiger partial charge < -0.3 is 15.0 Å². The number of hydrogen-bond donors (Lipinski definition) is 1. The predicted octanol–water partition coefficient (Wildman–Crippen LogP) is 2.46. The lowest BCUT2D eigenvalue weighted by Gasteiger charge is -2.35. The molecule has 25 heavy (non-hydrogen) atoms. The molecule has 1 N–H and O–H groups in total. The predicted molar refractivity (Wildman–Crippen MR) is 89.2 cm³/mol. The van der Waals surface area contributed by atoms with E-state index in [2.05, 4.69) is 5.32 Å². The van der Waals surface area contributed by atoms with Gasteiger partial charge in [0.15, 0.2) is 0 Å². The molecule has 0 bridgehead atoms. The average Bonchev–Trinajstić information content (AvgIpc) is 2.49. The minimum absolute atomic E-state index is 0.0567. The summed E-state index contributed by atoms with van der Waals surface area (Å²) in [5.41, 5.74) is -0.605. The zero-order chi connectivity index (χ0) is 18.6. The topological polar surface area (TPSA) is 61.9 Å². The van der Waals surface area contributed by atoms with Crippen LogP contribution in [0.15, 0.2) is 18.2 Å². The fraction of sp³-hybridized carbons (Fsp3) is 0.529. The molecule has 0 unspecified atom stereocenters. The van der Waals surface area contributed by atoms with Crippen LogP contribution in [0, 0.1) is 11.6 Å². The average molecular weight is 355 g/mol. The number of nitrogens with zero attached hydrogens (tertiary/aromatic N) is 2. The Bertz CT molecular complexity index is 639. The van der Waals surface area contributed by atoms with Gasteiger partial charge in [0.2, 0.25) is 5.91 Å². The maximum Gasteiger partial charge on any atom is 0.410 e. The Labute approximate surface area is 145 Å². The van der Waals surface area contributed by atoms with Gasteiger partial charge in [0.25, 0.3) is 0 Å². The van der Waals surface area contributed by atoms with Gasteiger partial charge in [0.1, 0.15) is 17.2 Å². The molecule has 0 spiro atoms. The molecule has 8 heteroatoms. The Kier molecular flexibility index (Phi) is 5.94. The summed E-state index contributed by atoms with van der Waals surface area (Å²) in [6, 6.07) is 2.98. The van der Waals surface area contributed by atoms with Gasteiger partial charge in [0, 0.05) is 32.2 Å². The van der Waals surface area contributed by atoms with Gasteiger partial charge >= 0.3 is 6.09 Å². The van der Waals surface area contributed by atoms with E-state index < -0.39 is 23.1 Å². The third-order valence-electron chi connectivity index (χ3n) is 3.60. The number of carbonyl (C=O) groups is 2. The highest BCUT2D eigenvalue weighted by Crippen LogP contribution is 2.15. The van der Waals surface area contributed by atoms with Crippen LogP contribution in [0.3, 0.4) is 0 Å². The van der Waals surface area contributed by atoms with Crippen LogP contribution in [0.1, 0.15) is 20.8 Å². The smallest absolute Gasteiger partial charge is 0.410 e. The lowest BCUT2D eigenvalue weighted by atomic mass is 10.2. The van der Waals surface area contributed by atoms with Crippen LogP contribution in [0.4, 0.5) is 19.3 Å². The first kappa shape index (κ1) is 19.1. The first-order valence-corrected chi connectivity index (χ1v) is 8.09. The van der Waals surface area contributed by atoms with Gasteiger partial charge in [-0.2, -0.15) is 0 Å². The van der Waals surface area contributed by atoms with Crippen LogP contribution in [-0.2, 0) is 9.53 Å². The van der Waals surface area contributed by atoms with Crippen LogP contribution in [-0.4, -0.2) is 60.1 Å². The fourth-order valence-electron chi connectivity index (χ4n) is 2.40. The second kappa shape index (κ2) is 7.77. The number of piperazine rings is 1. The highest BCUT2D eigenvalue weighted by molar-refractivity contribution is 5.92. The summed E-state index contributed by atoms with van der Waals surface area (Å²) >= 11 is 0. The number of hydrogen-bond acceptors (Lipinski definition) is 4. The van der Waals surface area contributed by atoms with Crippen LogP contribution < -0.4 is 5.32 Å². The number of ether oxygens (including phenoxy) is 1. The van der Waals surface area contributed by atoms with E-state index in [0.29, 0.717) is 26.2 Å². The summed E-state index contributed by atoms with van der Waals surface area (Å²) < 4.78 is 31.7. The quantitative estimate of drug-likeness (QED) is 0.905. The van der Waals surface area contributed by atoms with E-state index >= 15 is 0 Å². The summed E-state index contributed by atoms with van der Waals surface area (Å²) in [6.45, 7) is 7.41. The molecule has 1 aliphatic rings. The number of carbonyl (C=O) groups excluding carboxylic acids is 2. The molecule has 138 valence electrons. The van der Waals surface area contributed by atoms with Crippen molar-refractivity contribution in [3.8, 4) is 0 Å². The lowest BCUT2D eigenvalue weighted by Crippen LogP contribution is -2.51. The molecule has 0 radical (unpaired) electrons. The molecule has 0 atom stereocenters. The highest BCUT2D eigenvalue weighted by atomic mass is 19.1. The standard InChI is InChI=1S/C17H23F2N3O3/c1-17(2,3)25-16(24)22-8-6-21(7-9-22)11-15(23)20-14-5-4-12(18)10-13(14)19/h4-5,10H,6-9,11H2,1-3H3,(H,20,23). The lowest BCUT2D eigenvalue weighted by molar-refractivity contribution is -0.117. The molecule has 6 nitrogen and oxygen atoms in total. The second-order valence-corrected chi connectivity index (χ2v) is 6.92. The number of anilines is 1. The minimum Gasteiger partial charge on any atom is -0.444 e. The van der Waals surface area contributed by atoms with Crippen molar-refractivity contribution in [2.45, 2.75) is 26.4 Å². The van der Waals surface area contributed by atoms with E-state index in [0.717, 1.165) is 12.1 Å². The van der Waals surface area contributed by atoms with Crippen molar-refractivity contribution in [2.24, 2.45) is 0 Å². The Morgan fingerprint density at radius 3 is 2.36 bits per heavy atom. The number of amides is 2. The highest BCUT2D eigenvalue weighted by Gasteiger charge is 2.26. The van der Waals surface area contributed by atoms with E-state index in [4.69, 9.17) is 4.74 Å². The van der Waals surface area contributed by atoms with Crippen molar-refractivity contribution in [3.63, 3.8) is 0 Å². The fourth-order valence-corrected chi connectivity index (χ4v) is 2.40. The Hall–Kier alpha value is -2.22. The normalized spacial score (nSPS) is 15.8. The number of nitrogens with one attached hydrogen (secondary N) is 1. The van der Waals surface area contributed by atoms with Crippen LogP contribution in [0.5, 0.6) is 0 Å². The van der Waals surface area contributed by atoms with Crippen molar-refractivity contribution in [2.75, 3.05) is 38.0 Å². The van der Waals surface area contributed by atoms with Gasteiger partial charge in [-0.25, -0.2) is 13.6 Å². The van der Waals surface area contributed by atoms with Crippen LogP contribution >= 0.6 is 0 Å². The third kappa shape index (κ3) is 5.97. The van der Waals surface area contributed by atoms with Crippen LogP contribution in [0.25, 0.3) is 0 Å². The summed E-state index contributed by atoms with van der Waals surface area (Å²) in [5, 5.41) is 2.42. The van der Waals surface area contributed by atoms with Gasteiger partial charge in [-0.3, -0.25) is 9.69 Å². The summed E-state index contributed by atoms with van der Waals surface area (Å²) in [6.07, 6.45) is -0.370. The minimum atomic E-state index is -0.817. The number of halogens is 2. The van der Waals surface area contributed by atoms with E-state index in [1.165, 1.54) is 6.07 Å². The van der Waals surface area contributed by atoms with E-state index in [1.54, 1.807) is 25.7 Å². The molecule has 1 aromatic carbocycles. The van der Waals surface area contributed by atoms with E-state index in [1.807, 2.05) is 4.90 Å². The Morgan fingerprint density at radius 1 is 1.16 bits per heavy atom. The number of rotatable bonds is 3. The van der Waals surface area contributed by atoms with Gasteiger partial charge in [0.05, 0.1) is 12.2 Å². The Balaban J connectivity index is 1.79. The SMILES string of the molecule is CC(C)(C)OC(=O)N1CCN(CC(=O)Nc2ccc(F)cc2F)CC1. The third-order valence-corrected chi connectivity index (χ3v) is 3.60. The summed E-state index contributed by atoms with van der Waals surface area (Å²) in [7, 11) is 0. The van der Waals surface area contributed by atoms with Crippen molar-refractivity contribution in [1.82, 2.24) is 9.80 Å². The van der Waals surface area contributed by atoms with Crippen LogP contribution in [0.2, 0.25) is 0 Å².